The van der Waals surface area contributed by atoms with E-state index < -0.39 is 15.6 Å². The molecule has 8 heteroatoms. The summed E-state index contributed by atoms with van der Waals surface area (Å²) in [4.78, 5) is 2.35. The molecule has 0 radical (unpaired) electrons. The first kappa shape index (κ1) is 26.3. The van der Waals surface area contributed by atoms with Gasteiger partial charge in [-0.15, -0.1) is 0 Å². The van der Waals surface area contributed by atoms with Gasteiger partial charge in [0, 0.05) is 32.9 Å². The summed E-state index contributed by atoms with van der Waals surface area (Å²) in [7, 11) is -0.449. The number of likely N-dealkylation sites (tertiary alicyclic amines) is 1. The number of nitrogens with zero attached hydrogens (tertiary/aromatic N) is 2. The number of anilines is 1. The molecule has 1 heterocycles. The van der Waals surface area contributed by atoms with Crippen LogP contribution in [0.15, 0.2) is 83.8 Å². The lowest BCUT2D eigenvalue weighted by Crippen LogP contribution is -2.47. The average Bonchev–Trinajstić information content (AvgIpc) is 2.89. The van der Waals surface area contributed by atoms with Gasteiger partial charge in [-0.3, -0.25) is 0 Å². The molecule has 1 atom stereocenters. The zero-order chi connectivity index (χ0) is 25.9. The van der Waals surface area contributed by atoms with Crippen molar-refractivity contribution in [2.24, 2.45) is 5.92 Å². The van der Waals surface area contributed by atoms with E-state index in [0.29, 0.717) is 18.2 Å². The van der Waals surface area contributed by atoms with E-state index in [0.717, 1.165) is 35.2 Å². The quantitative estimate of drug-likeness (QED) is 0.461. The molecule has 1 aliphatic heterocycles. The van der Waals surface area contributed by atoms with Crippen LogP contribution in [-0.4, -0.2) is 55.0 Å². The Bertz CT molecular complexity index is 1300. The predicted molar refractivity (Wildman–Crippen MR) is 148 cm³/mol. The monoisotopic (exact) mass is 523 g/mol. The maximum Gasteiger partial charge on any atom is 0.242 e. The lowest BCUT2D eigenvalue weighted by atomic mass is 9.71. The number of nitrogens with one attached hydrogen (secondary N) is 1. The standard InChI is InChI=1S/C28H33N3O3S2/c1-21-9-7-8-12-26(21)28(32,22-10-5-4-6-11-22)23-17-19-31(20-18-23)27(35)29-24-13-15-25(16-14-24)36(33,34)30(2)3/h4-16,23,32H,17-20H2,1-3H3,(H,29,35). The van der Waals surface area contributed by atoms with Gasteiger partial charge in [-0.25, -0.2) is 12.7 Å². The molecule has 3 aromatic rings. The molecule has 1 saturated heterocycles. The molecule has 36 heavy (non-hydrogen) atoms. The summed E-state index contributed by atoms with van der Waals surface area (Å²) < 4.78 is 25.8. The Balaban J connectivity index is 1.47. The van der Waals surface area contributed by atoms with Gasteiger partial charge in [0.25, 0.3) is 0 Å². The maximum absolute atomic E-state index is 12.3. The number of benzene rings is 3. The Morgan fingerprint density at radius 3 is 2.14 bits per heavy atom. The molecule has 0 saturated carbocycles. The van der Waals surface area contributed by atoms with Crippen molar-refractivity contribution in [3.63, 3.8) is 0 Å². The Labute approximate surface area is 219 Å². The molecule has 3 aromatic carbocycles. The molecule has 1 aliphatic rings. The second-order valence-corrected chi connectivity index (χ2v) is 12.0. The summed E-state index contributed by atoms with van der Waals surface area (Å²) in [6, 6.07) is 24.6. The lowest BCUT2D eigenvalue weighted by Gasteiger charge is -2.43. The molecule has 0 aromatic heterocycles. The molecular weight excluding hydrogens is 490 g/mol. The zero-order valence-electron chi connectivity index (χ0n) is 20.9. The van der Waals surface area contributed by atoms with Crippen LogP contribution in [0.2, 0.25) is 0 Å². The minimum Gasteiger partial charge on any atom is -0.380 e. The number of thiocarbonyl (C=S) groups is 1. The van der Waals surface area contributed by atoms with Gasteiger partial charge in [-0.2, -0.15) is 0 Å². The first-order chi connectivity index (χ1) is 17.1. The Morgan fingerprint density at radius 1 is 0.972 bits per heavy atom. The molecule has 2 N–H and O–H groups in total. The van der Waals surface area contributed by atoms with E-state index in [1.807, 2.05) is 61.5 Å². The Kier molecular flexibility index (Phi) is 7.80. The average molecular weight is 524 g/mol. The number of rotatable bonds is 6. The molecule has 190 valence electrons. The van der Waals surface area contributed by atoms with Crippen LogP contribution in [0, 0.1) is 12.8 Å². The van der Waals surface area contributed by atoms with Gasteiger partial charge in [-0.1, -0.05) is 54.6 Å². The fourth-order valence-electron chi connectivity index (χ4n) is 4.93. The third-order valence-corrected chi connectivity index (χ3v) is 9.22. The molecular formula is C28H33N3O3S2. The fourth-order valence-corrected chi connectivity index (χ4v) is 6.13. The van der Waals surface area contributed by atoms with Crippen LogP contribution in [-0.2, 0) is 15.6 Å². The first-order valence-corrected chi connectivity index (χ1v) is 13.9. The van der Waals surface area contributed by atoms with Gasteiger partial charge < -0.3 is 15.3 Å². The van der Waals surface area contributed by atoms with Crippen LogP contribution in [0.3, 0.4) is 0 Å². The van der Waals surface area contributed by atoms with E-state index >= 15 is 0 Å². The van der Waals surface area contributed by atoms with Gasteiger partial charge in [-0.05, 0) is 78.9 Å². The van der Waals surface area contributed by atoms with Gasteiger partial charge in [0.05, 0.1) is 4.90 Å². The zero-order valence-corrected chi connectivity index (χ0v) is 22.5. The fraction of sp³-hybridized carbons (Fsp3) is 0.321. The van der Waals surface area contributed by atoms with Crippen molar-refractivity contribution in [1.29, 1.82) is 0 Å². The summed E-state index contributed by atoms with van der Waals surface area (Å²) in [5.74, 6) is 0.0376. The summed E-state index contributed by atoms with van der Waals surface area (Å²) in [6.45, 7) is 3.47. The Morgan fingerprint density at radius 2 is 1.56 bits per heavy atom. The largest absolute Gasteiger partial charge is 0.380 e. The second kappa shape index (κ2) is 10.7. The molecule has 0 amide bonds. The summed E-state index contributed by atoms with van der Waals surface area (Å²) in [6.07, 6.45) is 1.56. The number of aliphatic hydroxyl groups is 1. The second-order valence-electron chi connectivity index (χ2n) is 9.45. The van der Waals surface area contributed by atoms with Crippen molar-refractivity contribution >= 4 is 33.0 Å². The van der Waals surface area contributed by atoms with Gasteiger partial charge in [0.15, 0.2) is 5.11 Å². The Hall–Kier alpha value is -2.78. The van der Waals surface area contributed by atoms with Crippen molar-refractivity contribution in [2.45, 2.75) is 30.3 Å². The van der Waals surface area contributed by atoms with Crippen LogP contribution in [0.1, 0.15) is 29.5 Å². The maximum atomic E-state index is 12.3. The number of sulfonamides is 1. The summed E-state index contributed by atoms with van der Waals surface area (Å²) in [5.41, 5.74) is 2.58. The highest BCUT2D eigenvalue weighted by Gasteiger charge is 2.42. The van der Waals surface area contributed by atoms with E-state index in [4.69, 9.17) is 12.2 Å². The van der Waals surface area contributed by atoms with E-state index in [2.05, 4.69) is 10.2 Å². The topological polar surface area (TPSA) is 72.9 Å². The normalized spacial score (nSPS) is 16.5. The van der Waals surface area contributed by atoms with Crippen molar-refractivity contribution in [3.8, 4) is 0 Å². The predicted octanol–water partition coefficient (Wildman–Crippen LogP) is 4.59. The highest BCUT2D eigenvalue weighted by molar-refractivity contribution is 7.89. The number of hydrogen-bond donors (Lipinski definition) is 2. The summed E-state index contributed by atoms with van der Waals surface area (Å²) in [5, 5.41) is 16.1. The van der Waals surface area contributed by atoms with Crippen molar-refractivity contribution in [3.05, 3.63) is 95.6 Å². The van der Waals surface area contributed by atoms with Crippen LogP contribution in [0.5, 0.6) is 0 Å². The number of hydrogen-bond acceptors (Lipinski definition) is 4. The smallest absolute Gasteiger partial charge is 0.242 e. The van der Waals surface area contributed by atoms with Crippen LogP contribution in [0.25, 0.3) is 0 Å². The molecule has 4 rings (SSSR count). The van der Waals surface area contributed by atoms with Gasteiger partial charge >= 0.3 is 0 Å². The van der Waals surface area contributed by atoms with E-state index in [1.54, 1.807) is 24.3 Å². The van der Waals surface area contributed by atoms with E-state index in [-0.39, 0.29) is 10.8 Å². The third kappa shape index (κ3) is 5.18. The first-order valence-electron chi connectivity index (χ1n) is 12.1. The number of aryl methyl sites for hydroxylation is 1. The molecule has 0 spiro atoms. The summed E-state index contributed by atoms with van der Waals surface area (Å²) >= 11 is 5.67. The van der Waals surface area contributed by atoms with Gasteiger partial charge in [0.1, 0.15) is 5.60 Å². The minimum atomic E-state index is -3.47. The van der Waals surface area contributed by atoms with Crippen molar-refractivity contribution in [1.82, 2.24) is 9.21 Å². The highest BCUT2D eigenvalue weighted by Crippen LogP contribution is 2.43. The highest BCUT2D eigenvalue weighted by atomic mass is 32.2. The van der Waals surface area contributed by atoms with Crippen LogP contribution < -0.4 is 5.32 Å². The number of piperidine rings is 1. The molecule has 1 fully saturated rings. The SMILES string of the molecule is Cc1ccccc1C(O)(c1ccccc1)C1CCN(C(=S)Nc2ccc(S(=O)(=O)N(C)C)cc2)CC1. The third-order valence-electron chi connectivity index (χ3n) is 7.03. The van der Waals surface area contributed by atoms with E-state index in [1.165, 1.54) is 18.4 Å². The molecule has 0 aliphatic carbocycles. The van der Waals surface area contributed by atoms with Crippen LogP contribution in [0.4, 0.5) is 5.69 Å². The molecule has 0 bridgehead atoms. The van der Waals surface area contributed by atoms with Crippen LogP contribution >= 0.6 is 12.2 Å². The molecule has 6 nitrogen and oxygen atoms in total. The minimum absolute atomic E-state index is 0.0376. The van der Waals surface area contributed by atoms with E-state index in [9.17, 15) is 13.5 Å². The van der Waals surface area contributed by atoms with Crippen molar-refractivity contribution < 1.29 is 13.5 Å². The lowest BCUT2D eigenvalue weighted by molar-refractivity contribution is -0.00680. The van der Waals surface area contributed by atoms with Crippen molar-refractivity contribution in [2.75, 3.05) is 32.5 Å². The molecule has 1 unspecified atom stereocenters. The van der Waals surface area contributed by atoms with Gasteiger partial charge in [0.2, 0.25) is 10.0 Å².